The lowest BCUT2D eigenvalue weighted by Gasteiger charge is -2.39. The number of primary amides is 1. The molecule has 1 aromatic rings. The zero-order valence-electron chi connectivity index (χ0n) is 9.05. The van der Waals surface area contributed by atoms with E-state index in [-0.39, 0.29) is 0 Å². The van der Waals surface area contributed by atoms with Gasteiger partial charge in [0.15, 0.2) is 0 Å². The first kappa shape index (κ1) is 12.0. The Balaban J connectivity index is 2.32. The van der Waals surface area contributed by atoms with E-state index in [0.717, 1.165) is 18.6 Å². The lowest BCUT2D eigenvalue weighted by molar-refractivity contribution is -0.137. The third kappa shape index (κ3) is 1.90. The van der Waals surface area contributed by atoms with Crippen LogP contribution >= 0.6 is 0 Å². The quantitative estimate of drug-likeness (QED) is 0.852. The number of carbonyl (C=O) groups excluding carboxylic acids is 1. The summed E-state index contributed by atoms with van der Waals surface area (Å²) in [4.78, 5) is 11.4. The first-order valence-electron chi connectivity index (χ1n) is 5.34. The summed E-state index contributed by atoms with van der Waals surface area (Å²) in [6, 6.07) is 4.70. The van der Waals surface area contributed by atoms with Crippen molar-refractivity contribution in [3.05, 3.63) is 35.4 Å². The highest BCUT2D eigenvalue weighted by molar-refractivity contribution is 5.87. The van der Waals surface area contributed by atoms with Crippen LogP contribution in [0.1, 0.15) is 30.4 Å². The Hall–Kier alpha value is -1.52. The highest BCUT2D eigenvalue weighted by Gasteiger charge is 2.44. The molecule has 1 saturated carbocycles. The number of benzene rings is 1. The third-order valence-corrected chi connectivity index (χ3v) is 3.44. The smallest absolute Gasteiger partial charge is 0.369 e. The molecule has 0 unspecified atom stereocenters. The number of halogens is 3. The summed E-state index contributed by atoms with van der Waals surface area (Å²) in [6.07, 6.45) is -2.23. The van der Waals surface area contributed by atoms with Crippen molar-refractivity contribution in [3.63, 3.8) is 0 Å². The predicted molar refractivity (Wildman–Crippen MR) is 56.2 cm³/mol. The Morgan fingerprint density at radius 1 is 1.18 bits per heavy atom. The van der Waals surface area contributed by atoms with Crippen LogP contribution in [0, 0.1) is 0 Å². The Morgan fingerprint density at radius 3 is 2.00 bits per heavy atom. The zero-order valence-corrected chi connectivity index (χ0v) is 9.05. The van der Waals surface area contributed by atoms with Crippen LogP contribution in [0.2, 0.25) is 0 Å². The predicted octanol–water partition coefficient (Wildman–Crippen LogP) is 2.61. The van der Waals surface area contributed by atoms with Gasteiger partial charge in [-0.05, 0) is 30.5 Å². The highest BCUT2D eigenvalue weighted by Crippen LogP contribution is 2.44. The fourth-order valence-corrected chi connectivity index (χ4v) is 2.19. The average Bonchev–Trinajstić information content (AvgIpc) is 2.14. The number of hydrogen-bond acceptors (Lipinski definition) is 1. The topological polar surface area (TPSA) is 43.1 Å². The van der Waals surface area contributed by atoms with E-state index in [0.29, 0.717) is 18.4 Å². The molecule has 2 nitrogen and oxygen atoms in total. The van der Waals surface area contributed by atoms with Gasteiger partial charge in [-0.3, -0.25) is 4.79 Å². The van der Waals surface area contributed by atoms with Gasteiger partial charge in [0.25, 0.3) is 0 Å². The molecule has 17 heavy (non-hydrogen) atoms. The van der Waals surface area contributed by atoms with E-state index >= 15 is 0 Å². The van der Waals surface area contributed by atoms with E-state index in [4.69, 9.17) is 5.73 Å². The minimum Gasteiger partial charge on any atom is -0.369 e. The van der Waals surface area contributed by atoms with Gasteiger partial charge in [0.05, 0.1) is 11.0 Å². The van der Waals surface area contributed by atoms with Crippen LogP contribution in [0.5, 0.6) is 0 Å². The molecule has 1 amide bonds. The summed E-state index contributed by atoms with van der Waals surface area (Å²) < 4.78 is 37.1. The molecule has 0 heterocycles. The van der Waals surface area contributed by atoms with Crippen molar-refractivity contribution in [2.24, 2.45) is 5.73 Å². The van der Waals surface area contributed by atoms with Gasteiger partial charge in [-0.15, -0.1) is 0 Å². The van der Waals surface area contributed by atoms with Gasteiger partial charge >= 0.3 is 6.18 Å². The van der Waals surface area contributed by atoms with Gasteiger partial charge in [-0.1, -0.05) is 18.6 Å². The molecule has 0 saturated heterocycles. The normalized spacial score (nSPS) is 18.5. The lowest BCUT2D eigenvalue weighted by Crippen LogP contribution is -2.46. The molecule has 5 heteroatoms. The van der Waals surface area contributed by atoms with E-state index in [1.807, 2.05) is 0 Å². The van der Waals surface area contributed by atoms with E-state index in [1.165, 1.54) is 12.1 Å². The maximum atomic E-state index is 12.4. The van der Waals surface area contributed by atoms with Crippen molar-refractivity contribution in [3.8, 4) is 0 Å². The monoisotopic (exact) mass is 243 g/mol. The maximum Gasteiger partial charge on any atom is 0.416 e. The molecule has 0 aliphatic heterocycles. The van der Waals surface area contributed by atoms with Crippen LogP contribution in [-0.4, -0.2) is 5.91 Å². The minimum atomic E-state index is -4.35. The fourth-order valence-electron chi connectivity index (χ4n) is 2.19. The van der Waals surface area contributed by atoms with Gasteiger partial charge in [0.2, 0.25) is 5.91 Å². The Bertz CT molecular complexity index is 432. The summed E-state index contributed by atoms with van der Waals surface area (Å²) in [6.45, 7) is 0. The first-order valence-corrected chi connectivity index (χ1v) is 5.34. The SMILES string of the molecule is NC(=O)C1(c2ccc(C(F)(F)F)cc2)CCC1. The van der Waals surface area contributed by atoms with E-state index in [2.05, 4.69) is 0 Å². The van der Waals surface area contributed by atoms with Crippen LogP contribution in [0.25, 0.3) is 0 Å². The average molecular weight is 243 g/mol. The van der Waals surface area contributed by atoms with Gasteiger partial charge < -0.3 is 5.73 Å². The van der Waals surface area contributed by atoms with E-state index < -0.39 is 23.1 Å². The minimum absolute atomic E-state index is 0.455. The van der Waals surface area contributed by atoms with E-state index in [1.54, 1.807) is 0 Å². The van der Waals surface area contributed by atoms with Gasteiger partial charge in [-0.2, -0.15) is 13.2 Å². The summed E-state index contributed by atoms with van der Waals surface area (Å²) >= 11 is 0. The number of hydrogen-bond donors (Lipinski definition) is 1. The second-order valence-corrected chi connectivity index (χ2v) is 4.38. The highest BCUT2D eigenvalue weighted by atomic mass is 19.4. The number of carbonyl (C=O) groups is 1. The summed E-state index contributed by atoms with van der Waals surface area (Å²) in [5.41, 5.74) is 4.46. The Morgan fingerprint density at radius 2 is 1.71 bits per heavy atom. The summed E-state index contributed by atoms with van der Waals surface area (Å²) in [5.74, 6) is -0.455. The van der Waals surface area contributed by atoms with Crippen molar-refractivity contribution in [1.82, 2.24) is 0 Å². The molecule has 0 bridgehead atoms. The van der Waals surface area contributed by atoms with Crippen molar-refractivity contribution in [2.45, 2.75) is 30.9 Å². The van der Waals surface area contributed by atoms with Crippen molar-refractivity contribution < 1.29 is 18.0 Å². The molecule has 1 fully saturated rings. The molecular weight excluding hydrogens is 231 g/mol. The first-order chi connectivity index (χ1) is 7.86. The van der Waals surface area contributed by atoms with Crippen LogP contribution in [-0.2, 0) is 16.4 Å². The zero-order chi connectivity index (χ0) is 12.7. The molecule has 0 aromatic heterocycles. The van der Waals surface area contributed by atoms with Gasteiger partial charge in [0.1, 0.15) is 0 Å². The molecule has 1 aliphatic carbocycles. The lowest BCUT2D eigenvalue weighted by atomic mass is 9.64. The molecule has 0 radical (unpaired) electrons. The van der Waals surface area contributed by atoms with E-state index in [9.17, 15) is 18.0 Å². The largest absolute Gasteiger partial charge is 0.416 e. The Kier molecular flexibility index (Phi) is 2.64. The second kappa shape index (κ2) is 3.75. The number of rotatable bonds is 2. The van der Waals surface area contributed by atoms with Gasteiger partial charge in [-0.25, -0.2) is 0 Å². The molecule has 2 rings (SSSR count). The fraction of sp³-hybridized carbons (Fsp3) is 0.417. The molecule has 1 aliphatic rings. The maximum absolute atomic E-state index is 12.4. The molecule has 0 atom stereocenters. The van der Waals surface area contributed by atoms with Crippen LogP contribution < -0.4 is 5.73 Å². The number of alkyl halides is 3. The Labute approximate surface area is 96.6 Å². The molecule has 0 spiro atoms. The summed E-state index contributed by atoms with van der Waals surface area (Å²) in [7, 11) is 0. The molecular formula is C12H12F3NO. The van der Waals surface area contributed by atoms with Crippen molar-refractivity contribution in [1.29, 1.82) is 0 Å². The molecule has 92 valence electrons. The van der Waals surface area contributed by atoms with Crippen LogP contribution in [0.15, 0.2) is 24.3 Å². The third-order valence-electron chi connectivity index (χ3n) is 3.44. The second-order valence-electron chi connectivity index (χ2n) is 4.38. The van der Waals surface area contributed by atoms with Crippen LogP contribution in [0.3, 0.4) is 0 Å². The molecule has 2 N–H and O–H groups in total. The number of nitrogens with two attached hydrogens (primary N) is 1. The van der Waals surface area contributed by atoms with Gasteiger partial charge in [0, 0.05) is 0 Å². The van der Waals surface area contributed by atoms with Crippen molar-refractivity contribution >= 4 is 5.91 Å². The van der Waals surface area contributed by atoms with Crippen LogP contribution in [0.4, 0.5) is 13.2 Å². The standard InChI is InChI=1S/C12H12F3NO/c13-12(14,15)9-4-2-8(3-5-9)11(10(16)17)6-1-7-11/h2-5H,1,6-7H2,(H2,16,17). The number of amides is 1. The van der Waals surface area contributed by atoms with Crippen molar-refractivity contribution in [2.75, 3.05) is 0 Å². The molecule has 1 aromatic carbocycles. The summed E-state index contributed by atoms with van der Waals surface area (Å²) in [5, 5.41) is 0.